The molecule has 0 fully saturated rings. The highest BCUT2D eigenvalue weighted by Crippen LogP contribution is 2.29. The molecule has 3 N–H and O–H groups in total. The Bertz CT molecular complexity index is 852. The number of carboxylic acid groups (broad SMARTS) is 1. The number of ether oxygens (including phenoxy) is 1. The van der Waals surface area contributed by atoms with Gasteiger partial charge in [0.05, 0.1) is 5.56 Å². The lowest BCUT2D eigenvalue weighted by Gasteiger charge is -2.07. The Morgan fingerprint density at radius 3 is 2.81 bits per heavy atom. The molecular weight excluding hydrogens is 294 g/mol. The van der Waals surface area contributed by atoms with Crippen LogP contribution in [0.3, 0.4) is 0 Å². The molecule has 0 saturated heterocycles. The first-order valence-corrected chi connectivity index (χ1v) is 6.71. The lowest BCUT2D eigenvalue weighted by molar-refractivity contribution is 0.0686. The molecule has 1 aromatic carbocycles. The molecule has 106 valence electrons. The Morgan fingerprint density at radius 2 is 2.10 bits per heavy atom. The van der Waals surface area contributed by atoms with Crippen molar-refractivity contribution in [3.05, 3.63) is 47.1 Å². The number of aromatic nitrogens is 2. The van der Waals surface area contributed by atoms with Crippen LogP contribution in [0.1, 0.15) is 20.8 Å². The normalized spacial score (nSPS) is 10.7. The number of fused-ring (bicyclic) bond motifs is 1. The fourth-order valence-corrected chi connectivity index (χ4v) is 2.60. The van der Waals surface area contributed by atoms with Gasteiger partial charge in [-0.1, -0.05) is 12.1 Å². The number of carboxylic acids is 1. The SMILES string of the molecule is NC(=O)c1ccccc1Oc1nc2sccn2c1C(=O)O. The zero-order valence-electron chi connectivity index (χ0n) is 10.5. The summed E-state index contributed by atoms with van der Waals surface area (Å²) in [6, 6.07) is 6.31. The van der Waals surface area contributed by atoms with Gasteiger partial charge in [0.1, 0.15) is 5.75 Å². The maximum Gasteiger partial charge on any atom is 0.358 e. The molecule has 0 saturated carbocycles. The monoisotopic (exact) mass is 303 g/mol. The second-order valence-corrected chi connectivity index (χ2v) is 4.96. The number of hydrogen-bond donors (Lipinski definition) is 2. The number of amides is 1. The molecule has 0 unspecified atom stereocenters. The summed E-state index contributed by atoms with van der Waals surface area (Å²) >= 11 is 1.28. The Morgan fingerprint density at radius 1 is 1.33 bits per heavy atom. The van der Waals surface area contributed by atoms with E-state index in [-0.39, 0.29) is 22.9 Å². The van der Waals surface area contributed by atoms with Crippen LogP contribution in [0.25, 0.3) is 4.96 Å². The summed E-state index contributed by atoms with van der Waals surface area (Å²) in [5, 5.41) is 11.0. The smallest absolute Gasteiger partial charge is 0.358 e. The third kappa shape index (κ3) is 2.21. The first-order chi connectivity index (χ1) is 10.1. The van der Waals surface area contributed by atoms with E-state index >= 15 is 0 Å². The lowest BCUT2D eigenvalue weighted by atomic mass is 10.2. The first kappa shape index (κ1) is 13.1. The van der Waals surface area contributed by atoms with E-state index in [0.717, 1.165) is 0 Å². The van der Waals surface area contributed by atoms with Crippen molar-refractivity contribution in [1.82, 2.24) is 9.38 Å². The van der Waals surface area contributed by atoms with Crippen molar-refractivity contribution < 1.29 is 19.4 Å². The maximum atomic E-state index is 11.4. The number of carbonyl (C=O) groups excluding carboxylic acids is 1. The number of thiazole rings is 1. The Labute approximate surface area is 122 Å². The molecule has 21 heavy (non-hydrogen) atoms. The molecule has 7 nitrogen and oxygen atoms in total. The largest absolute Gasteiger partial charge is 0.476 e. The quantitative estimate of drug-likeness (QED) is 0.766. The number of nitrogens with two attached hydrogens (primary N) is 1. The summed E-state index contributed by atoms with van der Waals surface area (Å²) in [7, 11) is 0. The molecule has 2 aromatic heterocycles. The molecule has 0 aliphatic carbocycles. The highest BCUT2D eigenvalue weighted by Gasteiger charge is 2.22. The molecule has 3 rings (SSSR count). The van der Waals surface area contributed by atoms with Gasteiger partial charge < -0.3 is 15.6 Å². The number of benzene rings is 1. The molecule has 8 heteroatoms. The van der Waals surface area contributed by atoms with E-state index in [9.17, 15) is 14.7 Å². The molecule has 0 atom stereocenters. The summed E-state index contributed by atoms with van der Waals surface area (Å²) in [5.74, 6) is -1.75. The van der Waals surface area contributed by atoms with Gasteiger partial charge in [-0.3, -0.25) is 9.20 Å². The predicted molar refractivity (Wildman–Crippen MR) is 75.1 cm³/mol. The van der Waals surface area contributed by atoms with Gasteiger partial charge in [0.2, 0.25) is 0 Å². The number of hydrogen-bond acceptors (Lipinski definition) is 5. The van der Waals surface area contributed by atoms with Crippen LogP contribution in [0, 0.1) is 0 Å². The molecule has 1 amide bonds. The molecule has 0 radical (unpaired) electrons. The molecule has 2 heterocycles. The summed E-state index contributed by atoms with van der Waals surface area (Å²) in [4.78, 5) is 27.3. The summed E-state index contributed by atoms with van der Waals surface area (Å²) < 4.78 is 6.91. The van der Waals surface area contributed by atoms with Crippen LogP contribution >= 0.6 is 11.3 Å². The molecule has 0 aliphatic rings. The minimum absolute atomic E-state index is 0.0805. The second kappa shape index (κ2) is 4.91. The van der Waals surface area contributed by atoms with E-state index in [1.54, 1.807) is 23.7 Å². The van der Waals surface area contributed by atoms with E-state index < -0.39 is 11.9 Å². The number of para-hydroxylation sites is 1. The van der Waals surface area contributed by atoms with E-state index in [4.69, 9.17) is 10.5 Å². The van der Waals surface area contributed by atoms with Crippen molar-refractivity contribution in [2.75, 3.05) is 0 Å². The van der Waals surface area contributed by atoms with Crippen LogP contribution in [0.5, 0.6) is 11.6 Å². The average Bonchev–Trinajstić information content (AvgIpc) is 2.98. The van der Waals surface area contributed by atoms with Gasteiger partial charge in [0.25, 0.3) is 11.8 Å². The van der Waals surface area contributed by atoms with Crippen molar-refractivity contribution in [3.63, 3.8) is 0 Å². The number of aromatic carboxylic acids is 1. The topological polar surface area (TPSA) is 107 Å². The van der Waals surface area contributed by atoms with Gasteiger partial charge in [-0.05, 0) is 12.1 Å². The molecular formula is C13H9N3O4S. The van der Waals surface area contributed by atoms with Crippen LogP contribution in [0.4, 0.5) is 0 Å². The minimum atomic E-state index is -1.17. The predicted octanol–water partition coefficient (Wildman–Crippen LogP) is 1.99. The Hall–Kier alpha value is -2.87. The molecule has 0 aliphatic heterocycles. The highest BCUT2D eigenvalue weighted by atomic mass is 32.1. The van der Waals surface area contributed by atoms with E-state index in [1.807, 2.05) is 0 Å². The van der Waals surface area contributed by atoms with E-state index in [2.05, 4.69) is 4.98 Å². The van der Waals surface area contributed by atoms with Gasteiger partial charge in [-0.15, -0.1) is 11.3 Å². The van der Waals surface area contributed by atoms with Crippen LogP contribution in [-0.4, -0.2) is 26.4 Å². The van der Waals surface area contributed by atoms with Crippen molar-refractivity contribution in [2.24, 2.45) is 5.73 Å². The summed E-state index contributed by atoms with van der Waals surface area (Å²) in [6.45, 7) is 0. The summed E-state index contributed by atoms with van der Waals surface area (Å²) in [5.41, 5.74) is 5.31. The molecule has 0 spiro atoms. The van der Waals surface area contributed by atoms with Crippen LogP contribution in [0.2, 0.25) is 0 Å². The number of primary amides is 1. The standard InChI is InChI=1S/C13H9N3O4S/c14-10(17)7-3-1-2-4-8(7)20-11-9(12(18)19)16-5-6-21-13(16)15-11/h1-6H,(H2,14,17)(H,18,19). The fraction of sp³-hybridized carbons (Fsp3) is 0. The van der Waals surface area contributed by atoms with Crippen molar-refractivity contribution in [1.29, 1.82) is 0 Å². The first-order valence-electron chi connectivity index (χ1n) is 5.83. The summed E-state index contributed by atoms with van der Waals surface area (Å²) in [6.07, 6.45) is 1.59. The zero-order valence-corrected chi connectivity index (χ0v) is 11.3. The molecule has 0 bridgehead atoms. The minimum Gasteiger partial charge on any atom is -0.476 e. The second-order valence-electron chi connectivity index (χ2n) is 4.09. The number of rotatable bonds is 4. The number of carbonyl (C=O) groups is 2. The average molecular weight is 303 g/mol. The van der Waals surface area contributed by atoms with Crippen LogP contribution in [-0.2, 0) is 0 Å². The number of nitrogens with zero attached hydrogens (tertiary/aromatic N) is 2. The van der Waals surface area contributed by atoms with Gasteiger partial charge in [-0.2, -0.15) is 4.98 Å². The van der Waals surface area contributed by atoms with E-state index in [1.165, 1.54) is 27.9 Å². The third-order valence-electron chi connectivity index (χ3n) is 2.79. The highest BCUT2D eigenvalue weighted by molar-refractivity contribution is 7.15. The maximum absolute atomic E-state index is 11.4. The Balaban J connectivity index is 2.10. The Kier molecular flexibility index (Phi) is 3.07. The number of imidazole rings is 1. The van der Waals surface area contributed by atoms with Crippen molar-refractivity contribution in [2.45, 2.75) is 0 Å². The van der Waals surface area contributed by atoms with Crippen molar-refractivity contribution >= 4 is 28.2 Å². The van der Waals surface area contributed by atoms with Gasteiger partial charge in [0, 0.05) is 11.6 Å². The zero-order chi connectivity index (χ0) is 15.0. The lowest BCUT2D eigenvalue weighted by Crippen LogP contribution is -2.12. The van der Waals surface area contributed by atoms with Gasteiger partial charge in [-0.25, -0.2) is 4.79 Å². The van der Waals surface area contributed by atoms with Crippen LogP contribution < -0.4 is 10.5 Å². The van der Waals surface area contributed by atoms with E-state index in [0.29, 0.717) is 4.96 Å². The fourth-order valence-electron chi connectivity index (χ4n) is 1.89. The van der Waals surface area contributed by atoms with Crippen molar-refractivity contribution in [3.8, 4) is 11.6 Å². The van der Waals surface area contributed by atoms with Gasteiger partial charge in [0.15, 0.2) is 10.7 Å². The third-order valence-corrected chi connectivity index (χ3v) is 3.55. The molecule has 3 aromatic rings. The van der Waals surface area contributed by atoms with Gasteiger partial charge >= 0.3 is 5.97 Å². The van der Waals surface area contributed by atoms with Crippen LogP contribution in [0.15, 0.2) is 35.8 Å².